The van der Waals surface area contributed by atoms with Crippen LogP contribution in [0.5, 0.6) is 0 Å². The first-order valence-corrected chi connectivity index (χ1v) is 10.9. The summed E-state index contributed by atoms with van der Waals surface area (Å²) in [5.41, 5.74) is 2.22. The fourth-order valence-electron chi connectivity index (χ4n) is 3.36. The lowest BCUT2D eigenvalue weighted by atomic mass is 10.1. The average molecular weight is 438 g/mol. The predicted molar refractivity (Wildman–Crippen MR) is 115 cm³/mol. The van der Waals surface area contributed by atoms with E-state index < -0.39 is 16.1 Å². The van der Waals surface area contributed by atoms with Gasteiger partial charge in [-0.1, -0.05) is 48.0 Å². The van der Waals surface area contributed by atoms with Gasteiger partial charge in [-0.25, -0.2) is 13.2 Å². The Bertz CT molecular complexity index is 1320. The standard InChI is InChI=1S/C22H16ClN3O3S/c1-15-10-11-18(12-19(15)23)26-22(27)25(14-17-7-3-2-6-16(17)13-24)20-8-4-5-9-21(20)30(26,28)29/h2-12H,14H2,1H3. The smallest absolute Gasteiger partial charge is 0.287 e. The first-order valence-electron chi connectivity index (χ1n) is 9.04. The summed E-state index contributed by atoms with van der Waals surface area (Å²) in [6, 6.07) is 19.3. The number of para-hydroxylation sites is 1. The molecule has 0 bridgehead atoms. The van der Waals surface area contributed by atoms with Crippen molar-refractivity contribution in [2.75, 3.05) is 9.21 Å². The van der Waals surface area contributed by atoms with Crippen molar-refractivity contribution in [1.82, 2.24) is 0 Å². The zero-order chi connectivity index (χ0) is 21.5. The van der Waals surface area contributed by atoms with Crippen LogP contribution in [-0.4, -0.2) is 14.4 Å². The molecule has 0 unspecified atom stereocenters. The van der Waals surface area contributed by atoms with E-state index in [1.807, 2.05) is 0 Å². The van der Waals surface area contributed by atoms with Crippen LogP contribution in [0, 0.1) is 18.3 Å². The highest BCUT2D eigenvalue weighted by atomic mass is 35.5. The van der Waals surface area contributed by atoms with E-state index in [-0.39, 0.29) is 22.8 Å². The molecule has 4 rings (SSSR count). The number of rotatable bonds is 3. The third-order valence-corrected chi connectivity index (χ3v) is 7.09. The Balaban J connectivity index is 1.90. The second-order valence-corrected chi connectivity index (χ2v) is 8.97. The van der Waals surface area contributed by atoms with Crippen LogP contribution in [0.15, 0.2) is 71.6 Å². The normalized spacial score (nSPS) is 14.9. The van der Waals surface area contributed by atoms with E-state index in [2.05, 4.69) is 6.07 Å². The summed E-state index contributed by atoms with van der Waals surface area (Å²) in [5, 5.41) is 9.76. The fraction of sp³-hybridized carbons (Fsp3) is 0.0909. The predicted octanol–water partition coefficient (Wildman–Crippen LogP) is 4.86. The van der Waals surface area contributed by atoms with Crippen LogP contribution in [0.2, 0.25) is 5.02 Å². The molecular formula is C22H16ClN3O3S. The number of nitrogens with zero attached hydrogens (tertiary/aromatic N) is 3. The highest BCUT2D eigenvalue weighted by molar-refractivity contribution is 7.94. The van der Waals surface area contributed by atoms with Crippen molar-refractivity contribution >= 4 is 39.0 Å². The largest absolute Gasteiger partial charge is 0.343 e. The highest BCUT2D eigenvalue weighted by Gasteiger charge is 2.42. The van der Waals surface area contributed by atoms with Gasteiger partial charge in [-0.2, -0.15) is 9.57 Å². The molecule has 1 aliphatic rings. The van der Waals surface area contributed by atoms with Crippen molar-refractivity contribution in [1.29, 1.82) is 5.26 Å². The van der Waals surface area contributed by atoms with Crippen LogP contribution in [0.3, 0.4) is 0 Å². The molecule has 1 aliphatic heterocycles. The first kappa shape index (κ1) is 20.0. The molecule has 0 fully saturated rings. The van der Waals surface area contributed by atoms with Gasteiger partial charge >= 0.3 is 6.03 Å². The minimum absolute atomic E-state index is 0.00994. The van der Waals surface area contributed by atoms with Gasteiger partial charge in [0.15, 0.2) is 0 Å². The number of nitriles is 1. The number of aryl methyl sites for hydroxylation is 1. The van der Waals surface area contributed by atoms with Crippen molar-refractivity contribution in [2.45, 2.75) is 18.4 Å². The molecule has 0 N–H and O–H groups in total. The average Bonchev–Trinajstić information content (AvgIpc) is 2.74. The Labute approximate surface area is 179 Å². The van der Waals surface area contributed by atoms with Crippen molar-refractivity contribution < 1.29 is 13.2 Å². The minimum Gasteiger partial charge on any atom is -0.287 e. The number of benzene rings is 3. The molecule has 0 saturated carbocycles. The van der Waals surface area contributed by atoms with Gasteiger partial charge in [0.25, 0.3) is 10.0 Å². The summed E-state index contributed by atoms with van der Waals surface area (Å²) in [6.45, 7) is 1.84. The van der Waals surface area contributed by atoms with Crippen LogP contribution >= 0.6 is 11.6 Å². The number of fused-ring (bicyclic) bond motifs is 1. The maximum atomic E-state index is 13.5. The molecule has 0 spiro atoms. The summed E-state index contributed by atoms with van der Waals surface area (Å²) in [5.74, 6) is 0. The summed E-state index contributed by atoms with van der Waals surface area (Å²) < 4.78 is 27.4. The Kier molecular flexibility index (Phi) is 4.98. The zero-order valence-corrected chi connectivity index (χ0v) is 17.5. The van der Waals surface area contributed by atoms with Gasteiger partial charge in [0, 0.05) is 5.02 Å². The number of carbonyl (C=O) groups is 1. The molecule has 1 heterocycles. The summed E-state index contributed by atoms with van der Waals surface area (Å²) in [6.07, 6.45) is 0. The maximum Gasteiger partial charge on any atom is 0.343 e. The van der Waals surface area contributed by atoms with Gasteiger partial charge in [0.05, 0.1) is 29.6 Å². The lowest BCUT2D eigenvalue weighted by Gasteiger charge is -2.36. The zero-order valence-electron chi connectivity index (χ0n) is 15.9. The molecule has 0 saturated heterocycles. The van der Waals surface area contributed by atoms with Crippen LogP contribution in [0.1, 0.15) is 16.7 Å². The molecule has 6 nitrogen and oxygen atoms in total. The lowest BCUT2D eigenvalue weighted by molar-refractivity contribution is 0.253. The Morgan fingerprint density at radius 1 is 1.03 bits per heavy atom. The van der Waals surface area contributed by atoms with E-state index in [0.29, 0.717) is 16.1 Å². The molecule has 3 aromatic carbocycles. The molecular weight excluding hydrogens is 422 g/mol. The third-order valence-electron chi connectivity index (χ3n) is 4.94. The van der Waals surface area contributed by atoms with E-state index in [9.17, 15) is 18.5 Å². The van der Waals surface area contributed by atoms with Gasteiger partial charge in [-0.3, -0.25) is 4.90 Å². The number of sulfonamides is 1. The second kappa shape index (κ2) is 7.48. The monoisotopic (exact) mass is 437 g/mol. The number of hydrogen-bond acceptors (Lipinski definition) is 4. The number of urea groups is 1. The fourth-order valence-corrected chi connectivity index (χ4v) is 5.12. The van der Waals surface area contributed by atoms with Gasteiger partial charge < -0.3 is 0 Å². The van der Waals surface area contributed by atoms with Crippen LogP contribution in [0.25, 0.3) is 0 Å². The lowest BCUT2D eigenvalue weighted by Crippen LogP contribution is -2.50. The van der Waals surface area contributed by atoms with Crippen molar-refractivity contribution in [3.05, 3.63) is 88.4 Å². The van der Waals surface area contributed by atoms with Crippen LogP contribution in [0.4, 0.5) is 16.2 Å². The highest BCUT2D eigenvalue weighted by Crippen LogP contribution is 2.39. The summed E-state index contributed by atoms with van der Waals surface area (Å²) in [4.78, 5) is 14.8. The van der Waals surface area contributed by atoms with Crippen LogP contribution in [-0.2, 0) is 16.6 Å². The molecule has 0 aliphatic carbocycles. The van der Waals surface area contributed by atoms with Crippen LogP contribution < -0.4 is 9.21 Å². The van der Waals surface area contributed by atoms with Crippen molar-refractivity contribution in [3.8, 4) is 6.07 Å². The maximum absolute atomic E-state index is 13.5. The Morgan fingerprint density at radius 2 is 1.73 bits per heavy atom. The topological polar surface area (TPSA) is 81.5 Å². The Morgan fingerprint density at radius 3 is 2.47 bits per heavy atom. The number of amides is 2. The van der Waals surface area contributed by atoms with Crippen molar-refractivity contribution in [3.63, 3.8) is 0 Å². The molecule has 0 radical (unpaired) electrons. The van der Waals surface area contributed by atoms with E-state index in [1.165, 1.54) is 17.0 Å². The SMILES string of the molecule is Cc1ccc(N2C(=O)N(Cc3ccccc3C#N)c3ccccc3S2(=O)=O)cc1Cl. The van der Waals surface area contributed by atoms with E-state index in [0.717, 1.165) is 9.87 Å². The molecule has 3 aromatic rings. The number of hydrogen-bond donors (Lipinski definition) is 0. The van der Waals surface area contributed by atoms with Crippen molar-refractivity contribution in [2.24, 2.45) is 0 Å². The second-order valence-electron chi connectivity index (χ2n) is 6.81. The molecule has 0 aromatic heterocycles. The molecule has 2 amide bonds. The van der Waals surface area contributed by atoms with Gasteiger partial charge in [-0.05, 0) is 48.4 Å². The van der Waals surface area contributed by atoms with E-state index in [1.54, 1.807) is 61.5 Å². The minimum atomic E-state index is -4.14. The molecule has 0 atom stereocenters. The van der Waals surface area contributed by atoms with E-state index >= 15 is 0 Å². The summed E-state index contributed by atoms with van der Waals surface area (Å²) in [7, 11) is -4.14. The quantitative estimate of drug-likeness (QED) is 0.586. The Hall–Kier alpha value is -3.34. The van der Waals surface area contributed by atoms with Gasteiger partial charge in [0.2, 0.25) is 0 Å². The number of anilines is 2. The number of carbonyl (C=O) groups excluding carboxylic acids is 1. The van der Waals surface area contributed by atoms with Gasteiger partial charge in [-0.15, -0.1) is 0 Å². The third kappa shape index (κ3) is 3.20. The number of halogens is 1. The molecule has 30 heavy (non-hydrogen) atoms. The summed E-state index contributed by atoms with van der Waals surface area (Å²) >= 11 is 6.20. The molecule has 8 heteroatoms. The van der Waals surface area contributed by atoms with Gasteiger partial charge in [0.1, 0.15) is 4.90 Å². The first-order chi connectivity index (χ1) is 14.3. The molecule has 150 valence electrons. The van der Waals surface area contributed by atoms with E-state index in [4.69, 9.17) is 11.6 Å².